The fourth-order valence-electron chi connectivity index (χ4n) is 1.77. The van der Waals surface area contributed by atoms with Crippen molar-refractivity contribution in [2.75, 3.05) is 0 Å². The zero-order valence-electron chi connectivity index (χ0n) is 10.6. The normalized spacial score (nSPS) is 10.6. The standard InChI is InChI=1S/C15H12N2O2S/c18-15-17-16-14(19-15)12-6-8-13(9-7-12)20-10-11-4-2-1-3-5-11/h1-9H,10H2,(H,17,18). The zero-order valence-corrected chi connectivity index (χ0v) is 11.4. The highest BCUT2D eigenvalue weighted by Crippen LogP contribution is 2.26. The molecule has 0 unspecified atom stereocenters. The lowest BCUT2D eigenvalue weighted by Crippen LogP contribution is -1.81. The Kier molecular flexibility index (Phi) is 3.69. The second-order valence-corrected chi connectivity index (χ2v) is 5.24. The van der Waals surface area contributed by atoms with Gasteiger partial charge in [-0.25, -0.2) is 0 Å². The van der Waals surface area contributed by atoms with E-state index in [1.165, 1.54) is 10.5 Å². The van der Waals surface area contributed by atoms with E-state index in [1.54, 1.807) is 11.8 Å². The number of nitrogens with zero attached hydrogens (tertiary/aromatic N) is 2. The van der Waals surface area contributed by atoms with Crippen LogP contribution in [-0.2, 0) is 5.75 Å². The van der Waals surface area contributed by atoms with Crippen molar-refractivity contribution in [3.63, 3.8) is 0 Å². The van der Waals surface area contributed by atoms with Gasteiger partial charge in [0.2, 0.25) is 0 Å². The lowest BCUT2D eigenvalue weighted by molar-refractivity contribution is 0.320. The first-order valence-corrected chi connectivity index (χ1v) is 7.09. The van der Waals surface area contributed by atoms with Gasteiger partial charge in [-0.1, -0.05) is 35.4 Å². The molecule has 0 radical (unpaired) electrons. The van der Waals surface area contributed by atoms with Crippen molar-refractivity contribution in [1.82, 2.24) is 10.2 Å². The highest BCUT2D eigenvalue weighted by molar-refractivity contribution is 7.98. The van der Waals surface area contributed by atoms with Gasteiger partial charge in [0, 0.05) is 16.2 Å². The maximum absolute atomic E-state index is 9.03. The van der Waals surface area contributed by atoms with Crippen molar-refractivity contribution in [2.45, 2.75) is 10.6 Å². The Labute approximate surface area is 120 Å². The Morgan fingerprint density at radius 3 is 2.35 bits per heavy atom. The third-order valence-corrected chi connectivity index (χ3v) is 3.85. The van der Waals surface area contributed by atoms with E-state index in [2.05, 4.69) is 22.3 Å². The van der Waals surface area contributed by atoms with Crippen LogP contribution in [0.1, 0.15) is 5.56 Å². The summed E-state index contributed by atoms with van der Waals surface area (Å²) in [6, 6.07) is 18.1. The molecule has 0 aliphatic carbocycles. The van der Waals surface area contributed by atoms with Crippen molar-refractivity contribution in [3.05, 3.63) is 60.2 Å². The molecular weight excluding hydrogens is 272 g/mol. The van der Waals surface area contributed by atoms with Gasteiger partial charge in [-0.15, -0.1) is 16.9 Å². The average Bonchev–Trinajstić information content (AvgIpc) is 2.93. The van der Waals surface area contributed by atoms with E-state index < -0.39 is 6.08 Å². The minimum absolute atomic E-state index is 0.321. The van der Waals surface area contributed by atoms with Gasteiger partial charge >= 0.3 is 6.08 Å². The lowest BCUT2D eigenvalue weighted by atomic mass is 10.2. The largest absolute Gasteiger partial charge is 0.465 e. The summed E-state index contributed by atoms with van der Waals surface area (Å²) in [5, 5.41) is 16.2. The molecule has 0 saturated heterocycles. The Balaban J connectivity index is 1.67. The van der Waals surface area contributed by atoms with E-state index in [0.29, 0.717) is 5.89 Å². The molecule has 3 aromatic rings. The summed E-state index contributed by atoms with van der Waals surface area (Å²) in [5.74, 6) is 1.25. The van der Waals surface area contributed by atoms with Crippen LogP contribution in [0, 0.1) is 0 Å². The zero-order chi connectivity index (χ0) is 13.8. The first-order chi connectivity index (χ1) is 9.81. The summed E-state index contributed by atoms with van der Waals surface area (Å²) >= 11 is 1.77. The van der Waals surface area contributed by atoms with Crippen molar-refractivity contribution in [3.8, 4) is 17.5 Å². The molecule has 1 N–H and O–H groups in total. The molecular formula is C15H12N2O2S. The van der Waals surface area contributed by atoms with E-state index in [4.69, 9.17) is 9.52 Å². The molecule has 0 aliphatic heterocycles. The van der Waals surface area contributed by atoms with E-state index in [0.717, 1.165) is 11.3 Å². The second kappa shape index (κ2) is 5.79. The van der Waals surface area contributed by atoms with Crippen molar-refractivity contribution in [2.24, 2.45) is 0 Å². The smallest absolute Gasteiger partial charge is 0.412 e. The van der Waals surface area contributed by atoms with Crippen LogP contribution in [0.3, 0.4) is 0 Å². The summed E-state index contributed by atoms with van der Waals surface area (Å²) in [7, 11) is 0. The van der Waals surface area contributed by atoms with Crippen LogP contribution in [0.25, 0.3) is 11.5 Å². The predicted molar refractivity (Wildman–Crippen MR) is 77.4 cm³/mol. The Morgan fingerprint density at radius 1 is 0.950 bits per heavy atom. The maximum atomic E-state index is 9.03. The SMILES string of the molecule is Oc1nnc(-c2ccc(SCc3ccccc3)cc2)o1. The first-order valence-electron chi connectivity index (χ1n) is 6.11. The van der Waals surface area contributed by atoms with E-state index in [-0.39, 0.29) is 0 Å². The molecule has 0 spiro atoms. The van der Waals surface area contributed by atoms with Gasteiger partial charge in [0.15, 0.2) is 0 Å². The molecule has 0 amide bonds. The van der Waals surface area contributed by atoms with Gasteiger partial charge in [-0.3, -0.25) is 0 Å². The fourth-order valence-corrected chi connectivity index (χ4v) is 2.62. The van der Waals surface area contributed by atoms with Crippen molar-refractivity contribution < 1.29 is 9.52 Å². The monoisotopic (exact) mass is 284 g/mol. The molecule has 0 saturated carbocycles. The summed E-state index contributed by atoms with van der Waals surface area (Å²) in [6.45, 7) is 0. The van der Waals surface area contributed by atoms with Crippen molar-refractivity contribution >= 4 is 11.8 Å². The molecule has 1 heterocycles. The van der Waals surface area contributed by atoms with Crippen LogP contribution >= 0.6 is 11.8 Å². The number of benzene rings is 2. The molecule has 1 aromatic heterocycles. The molecule has 2 aromatic carbocycles. The molecule has 0 bridgehead atoms. The molecule has 3 rings (SSSR count). The van der Waals surface area contributed by atoms with Gasteiger partial charge < -0.3 is 9.52 Å². The lowest BCUT2D eigenvalue weighted by Gasteiger charge is -2.02. The number of hydrogen-bond donors (Lipinski definition) is 1. The number of rotatable bonds is 4. The predicted octanol–water partition coefficient (Wildman–Crippen LogP) is 3.73. The van der Waals surface area contributed by atoms with Gasteiger partial charge in [-0.05, 0) is 29.8 Å². The van der Waals surface area contributed by atoms with Gasteiger partial charge in [0.1, 0.15) is 0 Å². The molecule has 4 nitrogen and oxygen atoms in total. The van der Waals surface area contributed by atoms with E-state index in [1.807, 2.05) is 42.5 Å². The summed E-state index contributed by atoms with van der Waals surface area (Å²) in [6.07, 6.45) is -0.414. The third-order valence-electron chi connectivity index (χ3n) is 2.76. The molecule has 100 valence electrons. The molecule has 0 aliphatic rings. The summed E-state index contributed by atoms with van der Waals surface area (Å²) in [4.78, 5) is 1.17. The quantitative estimate of drug-likeness (QED) is 0.740. The molecule has 5 heteroatoms. The van der Waals surface area contributed by atoms with Gasteiger partial charge in [0.05, 0.1) is 0 Å². The van der Waals surface area contributed by atoms with Crippen LogP contribution < -0.4 is 0 Å². The van der Waals surface area contributed by atoms with Crippen LogP contribution in [0.4, 0.5) is 0 Å². The average molecular weight is 284 g/mol. The van der Waals surface area contributed by atoms with E-state index >= 15 is 0 Å². The van der Waals surface area contributed by atoms with Crippen LogP contribution in [0.2, 0.25) is 0 Å². The Morgan fingerprint density at radius 2 is 1.70 bits per heavy atom. The third kappa shape index (κ3) is 3.00. The minimum atomic E-state index is -0.414. The van der Waals surface area contributed by atoms with Crippen LogP contribution in [0.5, 0.6) is 6.08 Å². The number of aromatic nitrogens is 2. The fraction of sp³-hybridized carbons (Fsp3) is 0.0667. The summed E-state index contributed by atoms with van der Waals surface area (Å²) < 4.78 is 4.97. The van der Waals surface area contributed by atoms with Gasteiger partial charge in [-0.2, -0.15) is 0 Å². The Bertz CT molecular complexity index is 681. The van der Waals surface area contributed by atoms with Crippen LogP contribution in [0.15, 0.2) is 63.9 Å². The minimum Gasteiger partial charge on any atom is -0.465 e. The number of hydrogen-bond acceptors (Lipinski definition) is 5. The topological polar surface area (TPSA) is 59.2 Å². The number of thioether (sulfide) groups is 1. The Hall–Kier alpha value is -2.27. The van der Waals surface area contributed by atoms with Crippen molar-refractivity contribution in [1.29, 1.82) is 0 Å². The number of aromatic hydroxyl groups is 1. The first kappa shape index (κ1) is 12.7. The van der Waals surface area contributed by atoms with Crippen LogP contribution in [-0.4, -0.2) is 15.3 Å². The second-order valence-electron chi connectivity index (χ2n) is 4.19. The molecule has 0 atom stereocenters. The highest BCUT2D eigenvalue weighted by atomic mass is 32.2. The molecule has 20 heavy (non-hydrogen) atoms. The van der Waals surface area contributed by atoms with E-state index in [9.17, 15) is 0 Å². The maximum Gasteiger partial charge on any atom is 0.412 e. The van der Waals surface area contributed by atoms with Gasteiger partial charge in [0.25, 0.3) is 5.89 Å². The molecule has 0 fully saturated rings. The summed E-state index contributed by atoms with van der Waals surface area (Å²) in [5.41, 5.74) is 2.09. The highest BCUT2D eigenvalue weighted by Gasteiger charge is 2.07.